The van der Waals surface area contributed by atoms with Gasteiger partial charge >= 0.3 is 0 Å². The Morgan fingerprint density at radius 2 is 1.33 bits per heavy atom. The van der Waals surface area contributed by atoms with Gasteiger partial charge in [-0.15, -0.1) is 0 Å². The van der Waals surface area contributed by atoms with Gasteiger partial charge in [-0.1, -0.05) is 72.1 Å². The zero-order valence-electron chi connectivity index (χ0n) is 11.0. The fraction of sp³-hybridized carbons (Fsp3) is 1.00. The van der Waals surface area contributed by atoms with E-state index in [4.69, 9.17) is 0 Å². The number of hydrogen-bond donors (Lipinski definition) is 1. The average Bonchev–Trinajstić information content (AvgIpc) is 2.25. The molecule has 0 saturated heterocycles. The van der Waals surface area contributed by atoms with Crippen LogP contribution in [0.3, 0.4) is 0 Å². The van der Waals surface area contributed by atoms with Crippen LogP contribution in [0, 0.1) is 5.92 Å². The second-order valence-electron chi connectivity index (χ2n) is 4.70. The first-order chi connectivity index (χ1) is 7.26. The van der Waals surface area contributed by atoms with Crippen LogP contribution >= 0.6 is 0 Å². The van der Waals surface area contributed by atoms with Crippen molar-refractivity contribution in [2.75, 3.05) is 0 Å². The molecule has 0 aliphatic carbocycles. The van der Waals surface area contributed by atoms with Gasteiger partial charge in [-0.05, 0) is 12.3 Å². The molecule has 0 aromatic rings. The second kappa shape index (κ2) is 10.5. The molecule has 1 heteroatoms. The van der Waals surface area contributed by atoms with E-state index in [0.717, 1.165) is 19.3 Å². The highest BCUT2D eigenvalue weighted by molar-refractivity contribution is 4.66. The topological polar surface area (TPSA) is 20.2 Å². The minimum Gasteiger partial charge on any atom is -0.393 e. The molecule has 0 rings (SSSR count). The van der Waals surface area contributed by atoms with E-state index in [1.54, 1.807) is 0 Å². The van der Waals surface area contributed by atoms with Crippen molar-refractivity contribution < 1.29 is 5.11 Å². The molecule has 0 heterocycles. The molecule has 0 amide bonds. The average molecular weight is 214 g/mol. The van der Waals surface area contributed by atoms with E-state index in [1.165, 1.54) is 38.5 Å². The Morgan fingerprint density at radius 1 is 0.800 bits per heavy atom. The summed E-state index contributed by atoms with van der Waals surface area (Å²) in [6, 6.07) is 0. The standard InChI is InChI=1S/C14H30O/c1-4-7-8-9-10-11-12-14(15)13(5-2)6-3/h13-15H,4-12H2,1-3H3. The molecule has 15 heavy (non-hydrogen) atoms. The number of unbranched alkanes of at least 4 members (excludes halogenated alkanes) is 5. The lowest BCUT2D eigenvalue weighted by Gasteiger charge is -2.19. The van der Waals surface area contributed by atoms with Gasteiger partial charge in [0.05, 0.1) is 6.10 Å². The third-order valence-electron chi connectivity index (χ3n) is 3.45. The Bertz CT molecular complexity index is 119. The monoisotopic (exact) mass is 214 g/mol. The van der Waals surface area contributed by atoms with Crippen molar-refractivity contribution in [3.8, 4) is 0 Å². The van der Waals surface area contributed by atoms with Gasteiger partial charge in [0, 0.05) is 0 Å². The predicted octanol–water partition coefficient (Wildman–Crippen LogP) is 4.53. The van der Waals surface area contributed by atoms with Crippen LogP contribution in [-0.2, 0) is 0 Å². The van der Waals surface area contributed by atoms with Crippen LogP contribution in [0.1, 0.15) is 78.6 Å². The van der Waals surface area contributed by atoms with Gasteiger partial charge in [-0.3, -0.25) is 0 Å². The summed E-state index contributed by atoms with van der Waals surface area (Å²) >= 11 is 0. The number of aliphatic hydroxyl groups is 1. The zero-order valence-corrected chi connectivity index (χ0v) is 11.0. The van der Waals surface area contributed by atoms with E-state index in [1.807, 2.05) is 0 Å². The van der Waals surface area contributed by atoms with Crippen LogP contribution in [0.4, 0.5) is 0 Å². The van der Waals surface area contributed by atoms with Gasteiger partial charge in [0.25, 0.3) is 0 Å². The van der Waals surface area contributed by atoms with Gasteiger partial charge in [0.2, 0.25) is 0 Å². The summed E-state index contributed by atoms with van der Waals surface area (Å²) < 4.78 is 0. The van der Waals surface area contributed by atoms with Crippen molar-refractivity contribution in [1.82, 2.24) is 0 Å². The SMILES string of the molecule is CCCCCCCCC(O)C(CC)CC. The minimum absolute atomic E-state index is 0.0498. The van der Waals surface area contributed by atoms with Crippen molar-refractivity contribution >= 4 is 0 Å². The van der Waals surface area contributed by atoms with Crippen molar-refractivity contribution in [2.24, 2.45) is 5.92 Å². The number of hydrogen-bond acceptors (Lipinski definition) is 1. The largest absolute Gasteiger partial charge is 0.393 e. The normalized spacial score (nSPS) is 13.4. The summed E-state index contributed by atoms with van der Waals surface area (Å²) in [5, 5.41) is 9.91. The lowest BCUT2D eigenvalue weighted by atomic mass is 9.92. The van der Waals surface area contributed by atoms with Gasteiger partial charge < -0.3 is 5.11 Å². The Kier molecular flexibility index (Phi) is 10.4. The highest BCUT2D eigenvalue weighted by Crippen LogP contribution is 2.18. The lowest BCUT2D eigenvalue weighted by molar-refractivity contribution is 0.0914. The molecule has 0 fully saturated rings. The zero-order chi connectivity index (χ0) is 11.5. The van der Waals surface area contributed by atoms with Crippen molar-refractivity contribution in [3.05, 3.63) is 0 Å². The first-order valence-corrected chi connectivity index (χ1v) is 6.94. The van der Waals surface area contributed by atoms with Crippen LogP contribution in [0.5, 0.6) is 0 Å². The predicted molar refractivity (Wildman–Crippen MR) is 68.1 cm³/mol. The summed E-state index contributed by atoms with van der Waals surface area (Å²) in [6.07, 6.45) is 11.1. The molecule has 1 nitrogen and oxygen atoms in total. The molecule has 0 aliphatic heterocycles. The van der Waals surface area contributed by atoms with E-state index in [2.05, 4.69) is 20.8 Å². The van der Waals surface area contributed by atoms with Gasteiger partial charge in [-0.2, -0.15) is 0 Å². The van der Waals surface area contributed by atoms with E-state index in [0.29, 0.717) is 5.92 Å². The van der Waals surface area contributed by atoms with Gasteiger partial charge in [-0.25, -0.2) is 0 Å². The Balaban J connectivity index is 3.33. The smallest absolute Gasteiger partial charge is 0.0568 e. The maximum atomic E-state index is 9.91. The van der Waals surface area contributed by atoms with E-state index >= 15 is 0 Å². The second-order valence-corrected chi connectivity index (χ2v) is 4.70. The molecule has 1 unspecified atom stereocenters. The van der Waals surface area contributed by atoms with Crippen molar-refractivity contribution in [3.63, 3.8) is 0 Å². The molecule has 0 bridgehead atoms. The van der Waals surface area contributed by atoms with Crippen LogP contribution in [0.25, 0.3) is 0 Å². The molecule has 0 aromatic heterocycles. The first-order valence-electron chi connectivity index (χ1n) is 6.94. The molecular weight excluding hydrogens is 184 g/mol. The van der Waals surface area contributed by atoms with Gasteiger partial charge in [0.1, 0.15) is 0 Å². The lowest BCUT2D eigenvalue weighted by Crippen LogP contribution is -2.18. The fourth-order valence-electron chi connectivity index (χ4n) is 2.20. The first kappa shape index (κ1) is 15.0. The highest BCUT2D eigenvalue weighted by Gasteiger charge is 2.14. The number of aliphatic hydroxyl groups excluding tert-OH is 1. The van der Waals surface area contributed by atoms with Crippen molar-refractivity contribution in [1.29, 1.82) is 0 Å². The van der Waals surface area contributed by atoms with E-state index in [-0.39, 0.29) is 6.10 Å². The third-order valence-corrected chi connectivity index (χ3v) is 3.45. The minimum atomic E-state index is -0.0498. The van der Waals surface area contributed by atoms with Crippen LogP contribution in [0.15, 0.2) is 0 Å². The Morgan fingerprint density at radius 3 is 1.87 bits per heavy atom. The van der Waals surface area contributed by atoms with Crippen LogP contribution < -0.4 is 0 Å². The molecule has 0 aliphatic rings. The fourth-order valence-corrected chi connectivity index (χ4v) is 2.20. The maximum absolute atomic E-state index is 9.91. The number of rotatable bonds is 10. The molecule has 1 N–H and O–H groups in total. The Labute approximate surface area is 96.3 Å². The molecule has 0 radical (unpaired) electrons. The summed E-state index contributed by atoms with van der Waals surface area (Å²) in [6.45, 7) is 6.61. The van der Waals surface area contributed by atoms with Crippen LogP contribution in [-0.4, -0.2) is 11.2 Å². The summed E-state index contributed by atoms with van der Waals surface area (Å²) in [5.41, 5.74) is 0. The molecular formula is C14H30O. The van der Waals surface area contributed by atoms with Crippen molar-refractivity contribution in [2.45, 2.75) is 84.7 Å². The molecule has 0 aromatic carbocycles. The van der Waals surface area contributed by atoms with Crippen LogP contribution in [0.2, 0.25) is 0 Å². The van der Waals surface area contributed by atoms with E-state index in [9.17, 15) is 5.11 Å². The molecule has 92 valence electrons. The molecule has 1 atom stereocenters. The third kappa shape index (κ3) is 7.84. The summed E-state index contributed by atoms with van der Waals surface area (Å²) in [7, 11) is 0. The van der Waals surface area contributed by atoms with E-state index < -0.39 is 0 Å². The molecule has 0 saturated carbocycles. The molecule has 0 spiro atoms. The Hall–Kier alpha value is -0.0400. The summed E-state index contributed by atoms with van der Waals surface area (Å²) in [5.74, 6) is 0.528. The summed E-state index contributed by atoms with van der Waals surface area (Å²) in [4.78, 5) is 0. The van der Waals surface area contributed by atoms with Gasteiger partial charge in [0.15, 0.2) is 0 Å². The highest BCUT2D eigenvalue weighted by atomic mass is 16.3. The maximum Gasteiger partial charge on any atom is 0.0568 e. The quantitative estimate of drug-likeness (QED) is 0.530.